The second-order valence-electron chi connectivity index (χ2n) is 8.06. The maximum atomic E-state index is 12.4. The van der Waals surface area contributed by atoms with Crippen LogP contribution in [0.5, 0.6) is 11.5 Å². The van der Waals surface area contributed by atoms with Crippen LogP contribution in [0.25, 0.3) is 22.6 Å². The van der Waals surface area contributed by atoms with Crippen LogP contribution in [0, 0.1) is 5.41 Å². The summed E-state index contributed by atoms with van der Waals surface area (Å²) in [5.41, 5.74) is 0.426. The van der Waals surface area contributed by atoms with Gasteiger partial charge in [-0.3, -0.25) is 4.79 Å². The number of carboxylic acid groups (broad SMARTS) is 1. The Kier molecular flexibility index (Phi) is 3.78. The van der Waals surface area contributed by atoms with Crippen LogP contribution >= 0.6 is 0 Å². The van der Waals surface area contributed by atoms with Crippen LogP contribution in [-0.2, 0) is 6.54 Å². The zero-order valence-corrected chi connectivity index (χ0v) is 16.0. The van der Waals surface area contributed by atoms with E-state index in [0.29, 0.717) is 34.9 Å². The Labute approximate surface area is 160 Å². The number of aromatic amines is 1. The van der Waals surface area contributed by atoms with Crippen LogP contribution in [-0.4, -0.2) is 37.8 Å². The Morgan fingerprint density at radius 1 is 1.36 bits per heavy atom. The van der Waals surface area contributed by atoms with Gasteiger partial charge in [0.2, 0.25) is 0 Å². The molecule has 0 unspecified atom stereocenters. The van der Waals surface area contributed by atoms with Crippen molar-refractivity contribution in [2.75, 3.05) is 7.11 Å². The van der Waals surface area contributed by atoms with E-state index in [1.165, 1.54) is 0 Å². The van der Waals surface area contributed by atoms with E-state index in [-0.39, 0.29) is 11.3 Å². The predicted molar refractivity (Wildman–Crippen MR) is 103 cm³/mol. The molecule has 2 aromatic heterocycles. The molecule has 8 nitrogen and oxygen atoms in total. The molecule has 1 aromatic carbocycles. The van der Waals surface area contributed by atoms with Crippen molar-refractivity contribution in [2.45, 2.75) is 33.2 Å². The van der Waals surface area contributed by atoms with Gasteiger partial charge in [-0.05, 0) is 17.5 Å². The zero-order chi connectivity index (χ0) is 20.4. The summed E-state index contributed by atoms with van der Waals surface area (Å²) in [6.45, 7) is 6.51. The number of para-hydroxylation sites is 1. The third-order valence-corrected chi connectivity index (χ3v) is 5.39. The Morgan fingerprint density at radius 2 is 2.07 bits per heavy atom. The number of imidazole rings is 1. The number of ether oxygens (including phenoxy) is 1. The molecule has 4 rings (SSSR count). The first-order valence-electron chi connectivity index (χ1n) is 8.91. The van der Waals surface area contributed by atoms with Crippen LogP contribution in [0.2, 0.25) is 0 Å². The molecule has 0 amide bonds. The van der Waals surface area contributed by atoms with Gasteiger partial charge >= 0.3 is 5.97 Å². The highest BCUT2D eigenvalue weighted by molar-refractivity contribution is 5.93. The molecule has 3 aromatic rings. The number of nitrogens with one attached hydrogen (secondary N) is 1. The van der Waals surface area contributed by atoms with E-state index in [9.17, 15) is 19.8 Å². The second kappa shape index (κ2) is 5.85. The molecular weight excluding hydrogens is 362 g/mol. The number of aromatic nitrogens is 3. The van der Waals surface area contributed by atoms with Crippen LogP contribution in [0.3, 0.4) is 0 Å². The molecular formula is C20H21N3O5. The monoisotopic (exact) mass is 383 g/mol. The summed E-state index contributed by atoms with van der Waals surface area (Å²) in [5, 5.41) is 20.2. The van der Waals surface area contributed by atoms with Crippen LogP contribution in [0.4, 0.5) is 0 Å². The molecule has 0 saturated heterocycles. The van der Waals surface area contributed by atoms with Crippen molar-refractivity contribution < 1.29 is 19.7 Å². The molecule has 8 heteroatoms. The second-order valence-corrected chi connectivity index (χ2v) is 8.06. The number of aromatic carboxylic acids is 1. The summed E-state index contributed by atoms with van der Waals surface area (Å²) in [4.78, 5) is 31.2. The molecule has 1 atom stereocenters. The summed E-state index contributed by atoms with van der Waals surface area (Å²) < 4.78 is 7.39. The number of nitrogens with zero attached hydrogens (tertiary/aromatic N) is 2. The van der Waals surface area contributed by atoms with Gasteiger partial charge in [-0.15, -0.1) is 0 Å². The third kappa shape index (κ3) is 2.41. The molecule has 0 aliphatic carbocycles. The number of methoxy groups -OCH3 is 1. The molecule has 0 fully saturated rings. The number of fused-ring (bicyclic) bond motifs is 5. The summed E-state index contributed by atoms with van der Waals surface area (Å²) in [6, 6.07) is 5.59. The first-order chi connectivity index (χ1) is 13.1. The fourth-order valence-corrected chi connectivity index (χ4v) is 3.96. The lowest BCUT2D eigenvalue weighted by molar-refractivity contribution is 0.0691. The van der Waals surface area contributed by atoms with Crippen molar-refractivity contribution in [3.63, 3.8) is 0 Å². The molecule has 0 spiro atoms. The molecule has 0 saturated carbocycles. The number of hydrogen-bond acceptors (Lipinski definition) is 5. The summed E-state index contributed by atoms with van der Waals surface area (Å²) in [5.74, 6) is -1.12. The van der Waals surface area contributed by atoms with Crippen molar-refractivity contribution in [3.8, 4) is 23.0 Å². The summed E-state index contributed by atoms with van der Waals surface area (Å²) >= 11 is 0. The van der Waals surface area contributed by atoms with E-state index in [4.69, 9.17) is 4.74 Å². The molecule has 146 valence electrons. The van der Waals surface area contributed by atoms with Crippen LogP contribution in [0.1, 0.15) is 42.6 Å². The number of benzene rings is 1. The average Bonchev–Trinajstić information content (AvgIpc) is 2.98. The molecule has 1 aliphatic heterocycles. The van der Waals surface area contributed by atoms with Gasteiger partial charge in [-0.2, -0.15) is 0 Å². The van der Waals surface area contributed by atoms with E-state index in [2.05, 4.69) is 9.97 Å². The Morgan fingerprint density at radius 3 is 2.68 bits per heavy atom. The molecule has 3 N–H and O–H groups in total. The van der Waals surface area contributed by atoms with Crippen molar-refractivity contribution in [1.82, 2.24) is 14.5 Å². The average molecular weight is 383 g/mol. The first kappa shape index (κ1) is 18.1. The minimum absolute atomic E-state index is 0.242. The molecule has 3 heterocycles. The standard InChI is InChI=1S/C20H21N3O5/c1-20(2,3)9-8-23-10-6-5-7-11(28-4)14(10)21-17(23)15-12(9)16(24)13(19(26)27)18(25)22-15/h5-7,9H,8H2,1-4H3,(H,26,27)(H2,22,24,25)/t9-/m1/s1. The molecule has 0 radical (unpaired) electrons. The zero-order valence-electron chi connectivity index (χ0n) is 16.0. The van der Waals surface area contributed by atoms with E-state index in [1.807, 2.05) is 37.5 Å². The van der Waals surface area contributed by atoms with Crippen molar-refractivity contribution >= 4 is 17.0 Å². The van der Waals surface area contributed by atoms with E-state index in [0.717, 1.165) is 5.52 Å². The van der Waals surface area contributed by atoms with Gasteiger partial charge in [0.15, 0.2) is 11.4 Å². The largest absolute Gasteiger partial charge is 0.506 e. The number of rotatable bonds is 2. The molecule has 0 bridgehead atoms. The van der Waals surface area contributed by atoms with Crippen LogP contribution < -0.4 is 10.3 Å². The highest BCUT2D eigenvalue weighted by Crippen LogP contribution is 2.49. The highest BCUT2D eigenvalue weighted by Gasteiger charge is 2.39. The third-order valence-electron chi connectivity index (χ3n) is 5.39. The lowest BCUT2D eigenvalue weighted by Gasteiger charge is -2.36. The number of hydrogen-bond donors (Lipinski definition) is 3. The minimum atomic E-state index is -1.46. The lowest BCUT2D eigenvalue weighted by atomic mass is 9.73. The van der Waals surface area contributed by atoms with Gasteiger partial charge in [-0.1, -0.05) is 26.8 Å². The molecule has 1 aliphatic rings. The van der Waals surface area contributed by atoms with Gasteiger partial charge in [0.05, 0.1) is 18.3 Å². The van der Waals surface area contributed by atoms with Gasteiger partial charge in [0, 0.05) is 18.0 Å². The number of aromatic hydroxyl groups is 1. The fourth-order valence-electron chi connectivity index (χ4n) is 3.96. The van der Waals surface area contributed by atoms with Crippen molar-refractivity contribution in [2.24, 2.45) is 5.41 Å². The van der Waals surface area contributed by atoms with Gasteiger partial charge in [0.1, 0.15) is 17.0 Å². The Bertz CT molecular complexity index is 1180. The summed E-state index contributed by atoms with van der Waals surface area (Å²) in [7, 11) is 1.56. The van der Waals surface area contributed by atoms with Crippen LogP contribution in [0.15, 0.2) is 23.0 Å². The van der Waals surface area contributed by atoms with Gasteiger partial charge < -0.3 is 24.5 Å². The Hall–Kier alpha value is -3.29. The fraction of sp³-hybridized carbons (Fsp3) is 0.350. The topological polar surface area (TPSA) is 117 Å². The predicted octanol–water partition coefficient (Wildman–Crippen LogP) is 2.95. The number of pyridine rings is 1. The summed E-state index contributed by atoms with van der Waals surface area (Å²) in [6.07, 6.45) is 0. The van der Waals surface area contributed by atoms with Gasteiger partial charge in [-0.25, -0.2) is 9.78 Å². The molecule has 28 heavy (non-hydrogen) atoms. The number of H-pyrrole nitrogens is 1. The van der Waals surface area contributed by atoms with E-state index >= 15 is 0 Å². The number of carboxylic acids is 1. The normalized spacial score (nSPS) is 15.9. The first-order valence-corrected chi connectivity index (χ1v) is 8.91. The quantitative estimate of drug-likeness (QED) is 0.626. The van der Waals surface area contributed by atoms with Crippen molar-refractivity contribution in [1.29, 1.82) is 0 Å². The van der Waals surface area contributed by atoms with E-state index < -0.39 is 22.8 Å². The highest BCUT2D eigenvalue weighted by atomic mass is 16.5. The Balaban J connectivity index is 2.13. The van der Waals surface area contributed by atoms with E-state index in [1.54, 1.807) is 13.2 Å². The minimum Gasteiger partial charge on any atom is -0.506 e. The number of carbonyl (C=O) groups is 1. The smallest absolute Gasteiger partial charge is 0.345 e. The van der Waals surface area contributed by atoms with Gasteiger partial charge in [0.25, 0.3) is 5.56 Å². The van der Waals surface area contributed by atoms with Crippen molar-refractivity contribution in [3.05, 3.63) is 39.7 Å². The maximum absolute atomic E-state index is 12.4. The lowest BCUT2D eigenvalue weighted by Crippen LogP contribution is -2.31. The SMILES string of the molecule is COc1cccc2c1nc1n2C[C@@H](C(C)(C)C)c2c-1[nH]c(=O)c(C(=O)O)c2O. The maximum Gasteiger partial charge on any atom is 0.345 e.